The number of rotatable bonds is 5. The number of ether oxygens (including phenoxy) is 1. The molecule has 2 unspecified atom stereocenters. The molecule has 174 valence electrons. The molecular weight excluding hydrogens is 420 g/mol. The second-order valence-corrected chi connectivity index (χ2v) is 8.99. The van der Waals surface area contributed by atoms with Crippen LogP contribution in [0.4, 0.5) is 5.82 Å². The van der Waals surface area contributed by atoms with Gasteiger partial charge in [0.2, 0.25) is 11.8 Å². The molecule has 2 saturated heterocycles. The third kappa shape index (κ3) is 4.35. The fourth-order valence-corrected chi connectivity index (χ4v) is 4.79. The van der Waals surface area contributed by atoms with E-state index in [1.54, 1.807) is 0 Å². The molecule has 0 bridgehead atoms. The topological polar surface area (TPSA) is 101 Å². The van der Waals surface area contributed by atoms with E-state index in [0.717, 1.165) is 43.4 Å². The second-order valence-electron chi connectivity index (χ2n) is 8.99. The molecule has 2 aromatic rings. The highest BCUT2D eigenvalue weighted by atomic mass is 16.5. The number of fused-ring (bicyclic) bond motifs is 1. The van der Waals surface area contributed by atoms with Crippen LogP contribution in [0.2, 0.25) is 0 Å². The molecule has 1 N–H and O–H groups in total. The van der Waals surface area contributed by atoms with Crippen molar-refractivity contribution < 1.29 is 9.53 Å². The molecule has 1 amide bonds. The van der Waals surface area contributed by atoms with Crippen LogP contribution in [0.1, 0.15) is 31.3 Å². The minimum atomic E-state index is -0.129. The number of carbonyl (C=O) groups excluding carboxylic acids is 1. The number of aryl methyl sites for hydroxylation is 1. The first-order chi connectivity index (χ1) is 16.0. The van der Waals surface area contributed by atoms with Crippen molar-refractivity contribution in [2.75, 3.05) is 37.6 Å². The quantitative estimate of drug-likeness (QED) is 0.727. The van der Waals surface area contributed by atoms with Gasteiger partial charge in [-0.3, -0.25) is 9.69 Å². The highest BCUT2D eigenvalue weighted by Crippen LogP contribution is 2.28. The zero-order valence-electron chi connectivity index (χ0n) is 19.3. The zero-order chi connectivity index (χ0) is 22.9. The van der Waals surface area contributed by atoms with Gasteiger partial charge >= 0.3 is 0 Å². The smallest absolute Gasteiger partial charge is 0.239 e. The lowest BCUT2D eigenvalue weighted by Crippen LogP contribution is -2.64. The van der Waals surface area contributed by atoms with Gasteiger partial charge in [0.1, 0.15) is 12.6 Å². The van der Waals surface area contributed by atoms with Crippen molar-refractivity contribution in [2.24, 2.45) is 5.92 Å². The Morgan fingerprint density at radius 2 is 2.03 bits per heavy atom. The molecule has 4 heterocycles. The number of hydrogen-bond donors (Lipinski definition) is 1. The summed E-state index contributed by atoms with van der Waals surface area (Å²) in [6.07, 6.45) is 6.53. The van der Waals surface area contributed by atoms with E-state index < -0.39 is 0 Å². The predicted molar refractivity (Wildman–Crippen MR) is 123 cm³/mol. The Morgan fingerprint density at radius 3 is 2.82 bits per heavy atom. The van der Waals surface area contributed by atoms with Crippen LogP contribution in [0, 0.1) is 12.8 Å². The molecule has 10 heteroatoms. The van der Waals surface area contributed by atoms with Crippen molar-refractivity contribution in [3.8, 4) is 5.88 Å². The third-order valence-corrected chi connectivity index (χ3v) is 6.69. The fourth-order valence-electron chi connectivity index (χ4n) is 4.79. The van der Waals surface area contributed by atoms with E-state index in [1.807, 2.05) is 23.7 Å². The van der Waals surface area contributed by atoms with Crippen molar-refractivity contribution in [1.29, 1.82) is 0 Å². The molecule has 1 aliphatic carbocycles. The lowest BCUT2D eigenvalue weighted by atomic mass is 9.93. The molecular formula is C23H30N8O2. The Balaban J connectivity index is 1.24. The molecule has 0 spiro atoms. The fraction of sp³-hybridized carbons (Fsp3) is 0.522. The Bertz CT molecular complexity index is 1080. The normalized spacial score (nSPS) is 25.4. The number of aromatic nitrogens is 5. The van der Waals surface area contributed by atoms with Crippen molar-refractivity contribution in [3.05, 3.63) is 47.3 Å². The maximum absolute atomic E-state index is 12.2. The minimum Gasteiger partial charge on any atom is -0.470 e. The maximum Gasteiger partial charge on any atom is 0.239 e. The molecule has 0 radical (unpaired) electrons. The summed E-state index contributed by atoms with van der Waals surface area (Å²) in [7, 11) is 0. The molecule has 0 aromatic carbocycles. The first kappa shape index (κ1) is 21.6. The number of piperazine rings is 2. The third-order valence-electron chi connectivity index (χ3n) is 6.69. The van der Waals surface area contributed by atoms with Crippen LogP contribution in [0.3, 0.4) is 0 Å². The molecule has 3 aliphatic rings. The number of carbonyl (C=O) groups is 1. The number of amides is 1. The van der Waals surface area contributed by atoms with E-state index in [1.165, 1.54) is 5.57 Å². The van der Waals surface area contributed by atoms with Gasteiger partial charge in [0.25, 0.3) is 0 Å². The predicted octanol–water partition coefficient (Wildman–Crippen LogP) is 1.27. The van der Waals surface area contributed by atoms with E-state index in [0.29, 0.717) is 24.9 Å². The van der Waals surface area contributed by atoms with Gasteiger partial charge in [-0.1, -0.05) is 35.9 Å². The van der Waals surface area contributed by atoms with Gasteiger partial charge in [-0.05, 0) is 19.9 Å². The molecule has 2 aliphatic heterocycles. The van der Waals surface area contributed by atoms with Crippen LogP contribution in [0.5, 0.6) is 5.88 Å². The number of hydrogen-bond acceptors (Lipinski definition) is 8. The van der Waals surface area contributed by atoms with E-state index >= 15 is 0 Å². The lowest BCUT2D eigenvalue weighted by Gasteiger charge is -2.43. The highest BCUT2D eigenvalue weighted by molar-refractivity contribution is 5.83. The van der Waals surface area contributed by atoms with Crippen LogP contribution >= 0.6 is 0 Å². The van der Waals surface area contributed by atoms with E-state index in [-0.39, 0.29) is 18.0 Å². The average Bonchev–Trinajstić information content (AvgIpc) is 3.18. The number of allylic oxidation sites excluding steroid dienone is 4. The van der Waals surface area contributed by atoms with Gasteiger partial charge in [-0.15, -0.1) is 15.3 Å². The van der Waals surface area contributed by atoms with Gasteiger partial charge in [0, 0.05) is 44.7 Å². The summed E-state index contributed by atoms with van der Waals surface area (Å²) < 4.78 is 7.90. The number of nitrogens with one attached hydrogen (secondary N) is 1. The lowest BCUT2D eigenvalue weighted by molar-refractivity contribution is -0.129. The van der Waals surface area contributed by atoms with Crippen molar-refractivity contribution in [2.45, 2.75) is 39.5 Å². The first-order valence-electron chi connectivity index (χ1n) is 11.5. The molecule has 5 rings (SSSR count). The van der Waals surface area contributed by atoms with Crippen LogP contribution in [-0.2, 0) is 11.4 Å². The summed E-state index contributed by atoms with van der Waals surface area (Å²) in [6, 6.07) is 3.71. The molecule has 0 saturated carbocycles. The van der Waals surface area contributed by atoms with E-state index in [4.69, 9.17) is 4.74 Å². The average molecular weight is 451 g/mol. The molecule has 3 atom stereocenters. The largest absolute Gasteiger partial charge is 0.470 e. The summed E-state index contributed by atoms with van der Waals surface area (Å²) >= 11 is 0. The van der Waals surface area contributed by atoms with Gasteiger partial charge in [0.15, 0.2) is 5.82 Å². The van der Waals surface area contributed by atoms with Crippen molar-refractivity contribution in [3.63, 3.8) is 0 Å². The molecule has 2 fully saturated rings. The summed E-state index contributed by atoms with van der Waals surface area (Å²) in [5.41, 5.74) is 3.03. The Hall–Kier alpha value is -3.27. The van der Waals surface area contributed by atoms with Crippen LogP contribution < -0.4 is 15.0 Å². The summed E-state index contributed by atoms with van der Waals surface area (Å²) in [6.45, 7) is 10.4. The SMILES string of the molecule is CC1=CC(C)C(n2nnc(C)c2COc2ccc(N3CCN4CCNC(=O)[C@@H]4C3)nn2)C=C1. The number of anilines is 1. The Kier molecular flexibility index (Phi) is 5.84. The van der Waals surface area contributed by atoms with Gasteiger partial charge < -0.3 is 15.0 Å². The standard InChI is InChI=1S/C23H30N8O2/c1-15-4-5-18(16(2)12-15)31-20(17(3)25-28-31)14-33-22-7-6-21(26-27-22)30-11-10-29-9-8-24-23(32)19(29)13-30/h4-7,12,16,18-19H,8-11,13-14H2,1-3H3,(H,24,32)/t16?,18?,19-/m0/s1. The van der Waals surface area contributed by atoms with E-state index in [2.05, 4.69) is 67.7 Å². The monoisotopic (exact) mass is 450 g/mol. The summed E-state index contributed by atoms with van der Waals surface area (Å²) in [4.78, 5) is 16.6. The summed E-state index contributed by atoms with van der Waals surface area (Å²) in [5, 5.41) is 20.2. The Labute approximate surface area is 193 Å². The highest BCUT2D eigenvalue weighted by Gasteiger charge is 2.35. The van der Waals surface area contributed by atoms with Gasteiger partial charge in [0.05, 0.1) is 17.4 Å². The van der Waals surface area contributed by atoms with Gasteiger partial charge in [-0.2, -0.15) is 0 Å². The molecule has 2 aromatic heterocycles. The van der Waals surface area contributed by atoms with Crippen LogP contribution in [-0.4, -0.2) is 74.8 Å². The number of nitrogens with zero attached hydrogens (tertiary/aromatic N) is 7. The molecule has 10 nitrogen and oxygen atoms in total. The van der Waals surface area contributed by atoms with Gasteiger partial charge in [-0.25, -0.2) is 4.68 Å². The minimum absolute atomic E-state index is 0.0900. The zero-order valence-corrected chi connectivity index (χ0v) is 19.3. The second kappa shape index (κ2) is 8.93. The first-order valence-corrected chi connectivity index (χ1v) is 11.5. The van der Waals surface area contributed by atoms with E-state index in [9.17, 15) is 4.79 Å². The maximum atomic E-state index is 12.2. The van der Waals surface area contributed by atoms with Crippen molar-refractivity contribution in [1.82, 2.24) is 35.4 Å². The Morgan fingerprint density at radius 1 is 1.15 bits per heavy atom. The van der Waals surface area contributed by atoms with Crippen LogP contribution in [0.15, 0.2) is 35.9 Å². The van der Waals surface area contributed by atoms with Crippen LogP contribution in [0.25, 0.3) is 0 Å². The van der Waals surface area contributed by atoms with Crippen molar-refractivity contribution >= 4 is 11.7 Å². The summed E-state index contributed by atoms with van der Waals surface area (Å²) in [5.74, 6) is 1.61. The molecule has 33 heavy (non-hydrogen) atoms.